The van der Waals surface area contributed by atoms with E-state index in [1.165, 1.54) is 225 Å². The summed E-state index contributed by atoms with van der Waals surface area (Å²) in [6.45, 7) is 0. The maximum Gasteiger partial charge on any atom is 0.0992 e. The zero-order valence-corrected chi connectivity index (χ0v) is 64.9. The molecule has 0 fully saturated rings. The van der Waals surface area contributed by atoms with Gasteiger partial charge in [0.05, 0.1) is 77.8 Å². The minimum Gasteiger partial charge on any atom is -0.308 e. The standard InChI is InChI=1S/C60H36N2.C55H31N3/c1-2-12-37(13-3-1)38-24-26-39(27-25-38)40-14-10-15-41(30-40)42-16-11-17-43(31-42)44-28-29-58-50(32-44)54-36-46(35-53-49-20-6-9-23-57(49)62(58)60(53)54)45-33-51-47-18-4-7-21-55(47)61-56-22-8-5-19-48(56)52(34-45)59(51)61;56-32-33-23-38(34-11-2-1-3-12-34)26-39(24-33)35-13-10-14-36(25-35)40-28-48-44-17-6-9-20-52(44)58-53-22-21-37(27-45(53)49(31-40)55(48)58)41-29-46-42-15-4-7-18-50(42)57-51-19-8-5-16-43(51)47(30-41)54(46)57/h1-36H;1-31H. The van der Waals surface area contributed by atoms with E-state index in [9.17, 15) is 5.26 Å². The summed E-state index contributed by atoms with van der Waals surface area (Å²) < 4.78 is 9.86. The molecule has 0 radical (unpaired) electrons. The summed E-state index contributed by atoms with van der Waals surface area (Å²) in [6.07, 6.45) is 0. The predicted molar refractivity (Wildman–Crippen MR) is 505 cm³/mol. The first kappa shape index (κ1) is 66.2. The van der Waals surface area contributed by atoms with Crippen molar-refractivity contribution in [2.75, 3.05) is 0 Å². The average molecular weight is 1520 g/mol. The van der Waals surface area contributed by atoms with Crippen molar-refractivity contribution in [1.82, 2.24) is 17.6 Å². The highest BCUT2D eigenvalue weighted by Gasteiger charge is 2.26. The summed E-state index contributed by atoms with van der Waals surface area (Å²) >= 11 is 0. The van der Waals surface area contributed by atoms with Gasteiger partial charge in [0.1, 0.15) is 0 Å². The van der Waals surface area contributed by atoms with Crippen LogP contribution in [0.5, 0.6) is 0 Å². The third kappa shape index (κ3) is 9.76. The van der Waals surface area contributed by atoms with Gasteiger partial charge in [-0.05, 0) is 246 Å². The van der Waals surface area contributed by atoms with Crippen molar-refractivity contribution >= 4 is 152 Å². The first-order valence-corrected chi connectivity index (χ1v) is 41.3. The van der Waals surface area contributed by atoms with Crippen LogP contribution in [-0.2, 0) is 0 Å². The molecule has 0 saturated heterocycles. The van der Waals surface area contributed by atoms with Gasteiger partial charge in [-0.1, -0.05) is 261 Å². The fourth-order valence-electron chi connectivity index (χ4n) is 20.7. The summed E-state index contributed by atoms with van der Waals surface area (Å²) in [5, 5.41) is 30.5. The number of benzene rings is 19. The van der Waals surface area contributed by atoms with Gasteiger partial charge in [0.15, 0.2) is 0 Å². The Morgan fingerprint density at radius 2 is 0.317 bits per heavy atom. The van der Waals surface area contributed by atoms with Gasteiger partial charge in [0.2, 0.25) is 0 Å². The monoisotopic (exact) mass is 1520 g/mol. The second kappa shape index (κ2) is 25.4. The van der Waals surface area contributed by atoms with E-state index in [0.717, 1.165) is 27.8 Å². The van der Waals surface area contributed by atoms with Gasteiger partial charge < -0.3 is 17.6 Å². The van der Waals surface area contributed by atoms with E-state index in [1.807, 2.05) is 30.3 Å². The topological polar surface area (TPSA) is 41.4 Å². The lowest BCUT2D eigenvalue weighted by molar-refractivity contribution is 1.37. The van der Waals surface area contributed by atoms with Crippen molar-refractivity contribution in [2.45, 2.75) is 0 Å². The van der Waals surface area contributed by atoms with Crippen LogP contribution in [0.4, 0.5) is 0 Å². The normalized spacial score (nSPS) is 12.2. The second-order valence-corrected chi connectivity index (χ2v) is 32.6. The van der Waals surface area contributed by atoms with Gasteiger partial charge in [0.25, 0.3) is 0 Å². The van der Waals surface area contributed by atoms with E-state index in [-0.39, 0.29) is 0 Å². The van der Waals surface area contributed by atoms with E-state index in [1.54, 1.807) is 0 Å². The molecule has 0 unspecified atom stereocenters. The molecule has 0 atom stereocenters. The number of hydrogen-bond donors (Lipinski definition) is 0. The number of fused-ring (bicyclic) bond motifs is 24. The first-order valence-electron chi connectivity index (χ1n) is 41.3. The molecule has 120 heavy (non-hydrogen) atoms. The molecule has 5 heteroatoms. The van der Waals surface area contributed by atoms with Crippen LogP contribution in [0.2, 0.25) is 0 Å². The summed E-state index contributed by atoms with van der Waals surface area (Å²) in [6, 6.07) is 152. The number of para-hydroxylation sites is 6. The Labute approximate surface area is 688 Å². The largest absolute Gasteiger partial charge is 0.308 e. The van der Waals surface area contributed by atoms with Gasteiger partial charge >= 0.3 is 0 Å². The van der Waals surface area contributed by atoms with Crippen molar-refractivity contribution < 1.29 is 0 Å². The molecule has 5 nitrogen and oxygen atoms in total. The second-order valence-electron chi connectivity index (χ2n) is 32.6. The van der Waals surface area contributed by atoms with Gasteiger partial charge in [-0.3, -0.25) is 0 Å². The smallest absolute Gasteiger partial charge is 0.0992 e. The minimum atomic E-state index is 0.652. The van der Waals surface area contributed by atoms with E-state index < -0.39 is 0 Å². The summed E-state index contributed by atoms with van der Waals surface area (Å²) in [4.78, 5) is 0. The zero-order valence-electron chi connectivity index (χ0n) is 64.9. The van der Waals surface area contributed by atoms with Crippen LogP contribution in [0.3, 0.4) is 0 Å². The molecule has 27 rings (SSSR count). The van der Waals surface area contributed by atoms with E-state index in [0.29, 0.717) is 5.56 Å². The molecule has 0 amide bonds. The zero-order chi connectivity index (χ0) is 78.5. The van der Waals surface area contributed by atoms with Gasteiger partial charge in [-0.2, -0.15) is 5.26 Å². The number of hydrogen-bond acceptors (Lipinski definition) is 1. The lowest BCUT2D eigenvalue weighted by Crippen LogP contribution is -1.86. The molecule has 0 aliphatic heterocycles. The maximum absolute atomic E-state index is 10.0. The maximum atomic E-state index is 10.0. The third-order valence-electron chi connectivity index (χ3n) is 26.1. The number of rotatable bonds is 9. The Morgan fingerprint density at radius 3 is 0.642 bits per heavy atom. The number of aromatic nitrogens is 4. The molecule has 8 aromatic heterocycles. The van der Waals surface area contributed by atoms with Crippen LogP contribution < -0.4 is 0 Å². The van der Waals surface area contributed by atoms with Gasteiger partial charge in [-0.15, -0.1) is 0 Å². The summed E-state index contributed by atoms with van der Waals surface area (Å²) in [5.74, 6) is 0. The van der Waals surface area contributed by atoms with Crippen molar-refractivity contribution in [1.29, 1.82) is 5.26 Å². The predicted octanol–water partition coefficient (Wildman–Crippen LogP) is 30.8. The number of nitrogens with zero attached hydrogens (tertiary/aromatic N) is 5. The van der Waals surface area contributed by atoms with Crippen LogP contribution in [0, 0.1) is 11.3 Å². The van der Waals surface area contributed by atoms with Crippen molar-refractivity contribution in [2.24, 2.45) is 0 Å². The van der Waals surface area contributed by atoms with Crippen molar-refractivity contribution in [3.8, 4) is 106 Å². The molecule has 8 heterocycles. The van der Waals surface area contributed by atoms with E-state index in [4.69, 9.17) is 0 Å². The van der Waals surface area contributed by atoms with Gasteiger partial charge in [0, 0.05) is 86.2 Å². The summed E-state index contributed by atoms with van der Waals surface area (Å²) in [7, 11) is 0. The highest BCUT2D eigenvalue weighted by atomic mass is 14.9. The van der Waals surface area contributed by atoms with Crippen LogP contribution in [0.15, 0.2) is 406 Å². The fourth-order valence-corrected chi connectivity index (χ4v) is 20.7. The lowest BCUT2D eigenvalue weighted by Gasteiger charge is -2.10. The van der Waals surface area contributed by atoms with Crippen LogP contribution >= 0.6 is 0 Å². The van der Waals surface area contributed by atoms with Gasteiger partial charge in [-0.25, -0.2) is 0 Å². The SMILES string of the molecule is N#Cc1cc(-c2ccccc2)cc(-c2cccc(-c3cc4c5ccccc5n5c6ccc(-c7cc8c9ccccc9n9c%10ccccc%10c(c7)c89)cc6c(c3)c45)c2)c1.c1ccc(-c2ccc(-c3cccc(-c4cccc(-c5ccc6c(c5)c5cc(-c7cc8c9ccccc9n9c%10ccccc%10c(c7)c89)cc7c8ccccc8n6c75)c4)c3)cc2)cc1. The Morgan fingerprint density at radius 1 is 0.133 bits per heavy atom. The molecule has 19 aromatic carbocycles. The molecule has 0 N–H and O–H groups in total. The molecule has 27 aromatic rings. The molecule has 0 saturated carbocycles. The minimum absolute atomic E-state index is 0.652. The fraction of sp³-hybridized carbons (Fsp3) is 0. The molecule has 0 spiro atoms. The quantitative estimate of drug-likeness (QED) is 0.142. The molecule has 0 bridgehead atoms. The molecule has 0 aliphatic rings. The molecule has 0 aliphatic carbocycles. The first-order chi connectivity index (χ1) is 59.4. The van der Waals surface area contributed by atoms with Crippen molar-refractivity contribution in [3.05, 3.63) is 412 Å². The molecular formula is C115H67N5. The van der Waals surface area contributed by atoms with Crippen LogP contribution in [0.25, 0.3) is 253 Å². The summed E-state index contributed by atoms with van der Waals surface area (Å²) in [5.41, 5.74) is 36.9. The Hall–Kier alpha value is -16.1. The highest BCUT2D eigenvalue weighted by Crippen LogP contribution is 2.50. The van der Waals surface area contributed by atoms with E-state index >= 15 is 0 Å². The van der Waals surface area contributed by atoms with Crippen LogP contribution in [-0.4, -0.2) is 17.6 Å². The lowest BCUT2D eigenvalue weighted by atomic mass is 9.93. The highest BCUT2D eigenvalue weighted by molar-refractivity contribution is 6.30. The third-order valence-corrected chi connectivity index (χ3v) is 26.1. The molecule has 552 valence electrons. The Kier molecular flexibility index (Phi) is 14.0. The Balaban J connectivity index is 0.000000130. The molecular weight excluding hydrogens is 1450 g/mol. The Bertz CT molecular complexity index is 8810. The number of nitriles is 1. The van der Waals surface area contributed by atoms with E-state index in [2.05, 4.69) is 400 Å². The average Bonchev–Trinajstić information content (AvgIpc) is 1.73. The van der Waals surface area contributed by atoms with Crippen molar-refractivity contribution in [3.63, 3.8) is 0 Å². The van der Waals surface area contributed by atoms with Crippen LogP contribution in [0.1, 0.15) is 5.56 Å².